The van der Waals surface area contributed by atoms with E-state index < -0.39 is 23.5 Å². The van der Waals surface area contributed by atoms with Crippen LogP contribution in [0.15, 0.2) is 6.20 Å². The number of hydrogen-bond donors (Lipinski definition) is 1. The van der Waals surface area contributed by atoms with Crippen LogP contribution in [0.1, 0.15) is 29.1 Å². The number of hydrogen-bond acceptors (Lipinski definition) is 5. The Kier molecular flexibility index (Phi) is 2.84. The Morgan fingerprint density at radius 2 is 2.00 bits per heavy atom. The molecule has 0 saturated heterocycles. The molecule has 7 heteroatoms. The van der Waals surface area contributed by atoms with E-state index in [1.54, 1.807) is 0 Å². The molecule has 0 fully saturated rings. The van der Waals surface area contributed by atoms with Crippen LogP contribution in [0, 0.1) is 0 Å². The van der Waals surface area contributed by atoms with Crippen LogP contribution in [-0.2, 0) is 4.79 Å². The lowest BCUT2D eigenvalue weighted by atomic mass is 10.3. The molecule has 1 N–H and O–H groups in total. The SMILES string of the molecule is CC(=O)Nc1cn(C(C)=O)nc1C(=O)[O-]. The van der Waals surface area contributed by atoms with Crippen LogP contribution in [0.5, 0.6) is 0 Å². The second kappa shape index (κ2) is 3.91. The first-order valence-electron chi connectivity index (χ1n) is 4.01. The Morgan fingerprint density at radius 3 is 2.40 bits per heavy atom. The van der Waals surface area contributed by atoms with Crippen LogP contribution < -0.4 is 10.4 Å². The van der Waals surface area contributed by atoms with Crippen LogP contribution in [-0.4, -0.2) is 27.6 Å². The Morgan fingerprint density at radius 1 is 1.40 bits per heavy atom. The van der Waals surface area contributed by atoms with Gasteiger partial charge in [0, 0.05) is 13.8 Å². The van der Waals surface area contributed by atoms with E-state index in [9.17, 15) is 19.5 Å². The van der Waals surface area contributed by atoms with Crippen molar-refractivity contribution in [2.45, 2.75) is 13.8 Å². The van der Waals surface area contributed by atoms with E-state index in [1.165, 1.54) is 13.8 Å². The molecule has 0 aliphatic heterocycles. The Labute approximate surface area is 84.7 Å². The highest BCUT2D eigenvalue weighted by molar-refractivity contribution is 5.98. The molecule has 0 aliphatic rings. The van der Waals surface area contributed by atoms with E-state index in [2.05, 4.69) is 10.4 Å². The first-order valence-corrected chi connectivity index (χ1v) is 4.01. The monoisotopic (exact) mass is 210 g/mol. The van der Waals surface area contributed by atoms with Crippen molar-refractivity contribution in [2.24, 2.45) is 0 Å². The van der Waals surface area contributed by atoms with Gasteiger partial charge in [-0.05, 0) is 0 Å². The third-order valence-corrected chi connectivity index (χ3v) is 1.54. The number of nitrogens with one attached hydrogen (secondary N) is 1. The number of aromatic carboxylic acids is 1. The van der Waals surface area contributed by atoms with Gasteiger partial charge in [0.05, 0.1) is 17.9 Å². The summed E-state index contributed by atoms with van der Waals surface area (Å²) in [5.41, 5.74) is -0.530. The number of rotatable bonds is 2. The van der Waals surface area contributed by atoms with Crippen LogP contribution in [0.25, 0.3) is 0 Å². The van der Waals surface area contributed by atoms with Gasteiger partial charge in [0.15, 0.2) is 0 Å². The molecule has 1 heterocycles. The van der Waals surface area contributed by atoms with Gasteiger partial charge in [-0.2, -0.15) is 5.10 Å². The van der Waals surface area contributed by atoms with Crippen LogP contribution in [0.2, 0.25) is 0 Å². The third-order valence-electron chi connectivity index (χ3n) is 1.54. The van der Waals surface area contributed by atoms with E-state index >= 15 is 0 Å². The topological polar surface area (TPSA) is 104 Å². The van der Waals surface area contributed by atoms with E-state index in [1.807, 2.05) is 0 Å². The molecule has 15 heavy (non-hydrogen) atoms. The number of carboxylic acid groups (broad SMARTS) is 1. The van der Waals surface area contributed by atoms with Gasteiger partial charge in [-0.3, -0.25) is 9.59 Å². The first kappa shape index (κ1) is 10.9. The molecule has 1 amide bonds. The summed E-state index contributed by atoms with van der Waals surface area (Å²) >= 11 is 0. The van der Waals surface area contributed by atoms with Gasteiger partial charge in [0.1, 0.15) is 5.69 Å². The summed E-state index contributed by atoms with van der Waals surface area (Å²) < 4.78 is 0.816. The molecule has 0 radical (unpaired) electrons. The van der Waals surface area contributed by atoms with Crippen molar-refractivity contribution in [3.05, 3.63) is 11.9 Å². The highest BCUT2D eigenvalue weighted by Crippen LogP contribution is 2.12. The minimum Gasteiger partial charge on any atom is -0.543 e. The zero-order valence-corrected chi connectivity index (χ0v) is 8.10. The lowest BCUT2D eigenvalue weighted by Gasteiger charge is -2.01. The number of carbonyl (C=O) groups excluding carboxylic acids is 3. The van der Waals surface area contributed by atoms with Gasteiger partial charge in [-0.1, -0.05) is 0 Å². The Bertz CT molecular complexity index is 435. The molecule has 0 aliphatic carbocycles. The number of anilines is 1. The van der Waals surface area contributed by atoms with Crippen LogP contribution in [0.3, 0.4) is 0 Å². The average molecular weight is 210 g/mol. The molecule has 0 aromatic carbocycles. The minimum atomic E-state index is -1.56. The van der Waals surface area contributed by atoms with Gasteiger partial charge in [0.2, 0.25) is 11.8 Å². The molecule has 0 spiro atoms. The van der Waals surface area contributed by atoms with Gasteiger partial charge >= 0.3 is 0 Å². The van der Waals surface area contributed by atoms with Gasteiger partial charge in [0.25, 0.3) is 0 Å². The maximum absolute atomic E-state index is 10.9. The van der Waals surface area contributed by atoms with Crippen molar-refractivity contribution >= 4 is 23.5 Å². The molecule has 0 atom stereocenters. The number of carboxylic acids is 1. The molecule has 0 saturated carbocycles. The summed E-state index contributed by atoms with van der Waals surface area (Å²) in [6.07, 6.45) is 1.12. The quantitative estimate of drug-likeness (QED) is 0.664. The molecular weight excluding hydrogens is 202 g/mol. The van der Waals surface area contributed by atoms with Crippen molar-refractivity contribution < 1.29 is 19.5 Å². The van der Waals surface area contributed by atoms with E-state index in [0.29, 0.717) is 0 Å². The average Bonchev–Trinajstić information content (AvgIpc) is 2.46. The first-order chi connectivity index (χ1) is 6.91. The molecule has 80 valence electrons. The third kappa shape index (κ3) is 2.39. The zero-order valence-electron chi connectivity index (χ0n) is 8.10. The van der Waals surface area contributed by atoms with E-state index in [-0.39, 0.29) is 5.69 Å². The van der Waals surface area contributed by atoms with Crippen molar-refractivity contribution in [1.82, 2.24) is 9.78 Å². The standard InChI is InChI=1S/C8H9N3O4/c1-4(12)9-6-3-11(5(2)13)10-7(6)8(14)15/h3H,1-2H3,(H,9,12)(H,14,15)/p-1. The number of amides is 1. The molecule has 0 bridgehead atoms. The smallest absolute Gasteiger partial charge is 0.243 e. The Balaban J connectivity index is 3.17. The summed E-state index contributed by atoms with van der Waals surface area (Å²) in [5.74, 6) is -2.48. The molecule has 0 unspecified atom stereocenters. The van der Waals surface area contributed by atoms with Crippen LogP contribution in [0.4, 0.5) is 5.69 Å². The van der Waals surface area contributed by atoms with Gasteiger partial charge in [-0.25, -0.2) is 4.68 Å². The predicted octanol–water partition coefficient (Wildman–Crippen LogP) is -1.13. The van der Waals surface area contributed by atoms with E-state index in [4.69, 9.17) is 0 Å². The van der Waals surface area contributed by atoms with Crippen molar-refractivity contribution in [3.63, 3.8) is 0 Å². The number of carbonyl (C=O) groups is 3. The lowest BCUT2D eigenvalue weighted by Crippen LogP contribution is -2.25. The fourth-order valence-corrected chi connectivity index (χ4v) is 0.967. The van der Waals surface area contributed by atoms with Gasteiger partial charge in [-0.15, -0.1) is 0 Å². The van der Waals surface area contributed by atoms with Gasteiger partial charge < -0.3 is 15.2 Å². The van der Waals surface area contributed by atoms with Crippen LogP contribution >= 0.6 is 0 Å². The maximum Gasteiger partial charge on any atom is 0.243 e. The molecular formula is C8H8N3O4-. The normalized spacial score (nSPS) is 9.73. The molecule has 1 aromatic heterocycles. The minimum absolute atomic E-state index is 0.0577. The fraction of sp³-hybridized carbons (Fsp3) is 0.250. The lowest BCUT2D eigenvalue weighted by molar-refractivity contribution is -0.255. The highest BCUT2D eigenvalue weighted by atomic mass is 16.4. The maximum atomic E-state index is 10.9. The largest absolute Gasteiger partial charge is 0.543 e. The highest BCUT2D eigenvalue weighted by Gasteiger charge is 2.12. The predicted molar refractivity (Wildman–Crippen MR) is 47.2 cm³/mol. The second-order valence-electron chi connectivity index (χ2n) is 2.82. The number of aromatic nitrogens is 2. The molecule has 7 nitrogen and oxygen atoms in total. The zero-order chi connectivity index (χ0) is 11.6. The Hall–Kier alpha value is -2.18. The summed E-state index contributed by atoms with van der Waals surface area (Å²) in [6.45, 7) is 2.42. The number of nitrogens with zero attached hydrogens (tertiary/aromatic N) is 2. The second-order valence-corrected chi connectivity index (χ2v) is 2.82. The molecule has 1 aromatic rings. The summed E-state index contributed by atoms with van der Waals surface area (Å²) in [6, 6.07) is 0. The molecule has 1 rings (SSSR count). The summed E-state index contributed by atoms with van der Waals surface area (Å²) in [4.78, 5) is 32.2. The summed E-state index contributed by atoms with van der Waals surface area (Å²) in [5, 5.41) is 16.3. The van der Waals surface area contributed by atoms with Crippen molar-refractivity contribution in [3.8, 4) is 0 Å². The van der Waals surface area contributed by atoms with E-state index in [0.717, 1.165) is 10.9 Å². The van der Waals surface area contributed by atoms with Crippen molar-refractivity contribution in [2.75, 3.05) is 5.32 Å². The summed E-state index contributed by atoms with van der Waals surface area (Å²) in [7, 11) is 0. The van der Waals surface area contributed by atoms with Crippen molar-refractivity contribution in [1.29, 1.82) is 0 Å². The fourth-order valence-electron chi connectivity index (χ4n) is 0.967.